The van der Waals surface area contributed by atoms with Gasteiger partial charge in [0.05, 0.1) is 24.0 Å². The van der Waals surface area contributed by atoms with Crippen molar-refractivity contribution in [1.29, 1.82) is 0 Å². The van der Waals surface area contributed by atoms with Gasteiger partial charge in [-0.15, -0.1) is 6.58 Å². The summed E-state index contributed by atoms with van der Waals surface area (Å²) in [5.41, 5.74) is 0. The average Bonchev–Trinajstić information content (AvgIpc) is 2.84. The van der Waals surface area contributed by atoms with Crippen LogP contribution in [0.15, 0.2) is 12.7 Å². The van der Waals surface area contributed by atoms with Gasteiger partial charge in [-0.1, -0.05) is 6.08 Å². The number of carboxylic acid groups (broad SMARTS) is 1. The number of aliphatic carboxylic acids is 1. The first kappa shape index (κ1) is 11.1. The highest BCUT2D eigenvalue weighted by atomic mass is 16.5. The lowest BCUT2D eigenvalue weighted by Gasteiger charge is -2.23. The molecule has 0 spiro atoms. The molecule has 0 aromatic rings. The van der Waals surface area contributed by atoms with Crippen LogP contribution in [0.2, 0.25) is 0 Å². The zero-order chi connectivity index (χ0) is 11.7. The molecular formula is C11H15NO4. The second kappa shape index (κ2) is 4.25. The summed E-state index contributed by atoms with van der Waals surface area (Å²) < 4.78 is 5.49. The lowest BCUT2D eigenvalue weighted by molar-refractivity contribution is -0.147. The van der Waals surface area contributed by atoms with Crippen molar-refractivity contribution in [3.05, 3.63) is 12.7 Å². The molecule has 0 aromatic heterocycles. The molecule has 0 saturated carbocycles. The molecule has 0 aromatic carbocycles. The molecule has 5 heteroatoms. The molecule has 1 unspecified atom stereocenters. The van der Waals surface area contributed by atoms with Gasteiger partial charge in [0.2, 0.25) is 5.91 Å². The van der Waals surface area contributed by atoms with E-state index in [4.69, 9.17) is 9.84 Å². The molecule has 0 aliphatic carbocycles. The maximum Gasteiger partial charge on any atom is 0.310 e. The van der Waals surface area contributed by atoms with Crippen LogP contribution in [0.1, 0.15) is 12.8 Å². The van der Waals surface area contributed by atoms with Gasteiger partial charge in [0.15, 0.2) is 0 Å². The molecule has 2 aliphatic heterocycles. The van der Waals surface area contributed by atoms with Crippen molar-refractivity contribution in [2.75, 3.05) is 6.54 Å². The van der Waals surface area contributed by atoms with Crippen LogP contribution < -0.4 is 5.32 Å². The fourth-order valence-electron chi connectivity index (χ4n) is 2.62. The number of carboxylic acids is 1. The Balaban J connectivity index is 2.09. The Labute approximate surface area is 93.5 Å². The summed E-state index contributed by atoms with van der Waals surface area (Å²) in [6, 6.07) is 0. The molecule has 2 aliphatic rings. The first-order chi connectivity index (χ1) is 7.65. The van der Waals surface area contributed by atoms with E-state index in [1.54, 1.807) is 6.08 Å². The summed E-state index contributed by atoms with van der Waals surface area (Å²) in [6.07, 6.45) is 2.58. The zero-order valence-corrected chi connectivity index (χ0v) is 8.89. The summed E-state index contributed by atoms with van der Waals surface area (Å²) >= 11 is 0. The second-order valence-electron chi connectivity index (χ2n) is 4.21. The van der Waals surface area contributed by atoms with E-state index in [9.17, 15) is 9.59 Å². The Bertz CT molecular complexity index is 328. The number of carbonyl (C=O) groups excluding carboxylic acids is 1. The molecule has 4 atom stereocenters. The lowest BCUT2D eigenvalue weighted by Crippen LogP contribution is -2.43. The summed E-state index contributed by atoms with van der Waals surface area (Å²) in [5.74, 6) is -2.41. The SMILES string of the molecule is C=CCNC(=O)C1[C@H]2CC[C@H](O2)[C@H]1C(=O)O. The van der Waals surface area contributed by atoms with Crippen molar-refractivity contribution in [2.45, 2.75) is 25.0 Å². The molecule has 2 fully saturated rings. The molecule has 2 rings (SSSR count). The minimum atomic E-state index is -0.939. The van der Waals surface area contributed by atoms with E-state index in [0.29, 0.717) is 6.54 Å². The number of rotatable bonds is 4. The predicted octanol–water partition coefficient (Wildman–Crippen LogP) is 0.167. The van der Waals surface area contributed by atoms with E-state index in [1.165, 1.54) is 0 Å². The first-order valence-electron chi connectivity index (χ1n) is 5.42. The predicted molar refractivity (Wildman–Crippen MR) is 55.7 cm³/mol. The normalized spacial score (nSPS) is 36.0. The van der Waals surface area contributed by atoms with Gasteiger partial charge in [-0.25, -0.2) is 0 Å². The van der Waals surface area contributed by atoms with Crippen LogP contribution in [-0.2, 0) is 14.3 Å². The smallest absolute Gasteiger partial charge is 0.310 e. The maximum absolute atomic E-state index is 11.8. The topological polar surface area (TPSA) is 75.6 Å². The van der Waals surface area contributed by atoms with Gasteiger partial charge in [-0.3, -0.25) is 9.59 Å². The van der Waals surface area contributed by atoms with Crippen LogP contribution in [0.3, 0.4) is 0 Å². The fraction of sp³-hybridized carbons (Fsp3) is 0.636. The van der Waals surface area contributed by atoms with Gasteiger partial charge in [0, 0.05) is 6.54 Å². The molecule has 0 radical (unpaired) electrons. The molecule has 2 bridgehead atoms. The lowest BCUT2D eigenvalue weighted by atomic mass is 9.79. The summed E-state index contributed by atoms with van der Waals surface area (Å²) in [7, 11) is 0. The van der Waals surface area contributed by atoms with E-state index in [-0.39, 0.29) is 18.1 Å². The number of amides is 1. The zero-order valence-electron chi connectivity index (χ0n) is 8.89. The van der Waals surface area contributed by atoms with Crippen LogP contribution in [0.5, 0.6) is 0 Å². The maximum atomic E-state index is 11.8. The van der Waals surface area contributed by atoms with Gasteiger partial charge in [0.25, 0.3) is 0 Å². The Morgan fingerprint density at radius 1 is 1.38 bits per heavy atom. The molecular weight excluding hydrogens is 210 g/mol. The van der Waals surface area contributed by atoms with Crippen molar-refractivity contribution in [3.8, 4) is 0 Å². The number of fused-ring (bicyclic) bond motifs is 2. The van der Waals surface area contributed by atoms with Crippen LogP contribution in [-0.4, -0.2) is 35.7 Å². The van der Waals surface area contributed by atoms with E-state index >= 15 is 0 Å². The van der Waals surface area contributed by atoms with Gasteiger partial charge in [-0.05, 0) is 12.8 Å². The molecule has 2 N–H and O–H groups in total. The third kappa shape index (κ3) is 1.71. The summed E-state index contributed by atoms with van der Waals surface area (Å²) in [6.45, 7) is 3.86. The van der Waals surface area contributed by atoms with Gasteiger partial charge in [0.1, 0.15) is 0 Å². The highest BCUT2D eigenvalue weighted by Gasteiger charge is 2.55. The van der Waals surface area contributed by atoms with Crippen molar-refractivity contribution in [2.24, 2.45) is 11.8 Å². The number of hydrogen-bond donors (Lipinski definition) is 2. The molecule has 5 nitrogen and oxygen atoms in total. The highest BCUT2D eigenvalue weighted by Crippen LogP contribution is 2.43. The second-order valence-corrected chi connectivity index (χ2v) is 4.21. The number of carbonyl (C=O) groups is 2. The molecule has 2 saturated heterocycles. The average molecular weight is 225 g/mol. The first-order valence-corrected chi connectivity index (χ1v) is 5.42. The molecule has 2 heterocycles. The van der Waals surface area contributed by atoms with Crippen molar-refractivity contribution in [3.63, 3.8) is 0 Å². The quantitative estimate of drug-likeness (QED) is 0.669. The molecule has 88 valence electrons. The standard InChI is InChI=1S/C11H15NO4/c1-2-5-12-10(13)8-6-3-4-7(16-6)9(8)11(14)15/h2,6-9H,1,3-5H2,(H,12,13)(H,14,15)/t6-,7+,8?,9-/m1/s1. The Kier molecular flexibility index (Phi) is 2.96. The van der Waals surface area contributed by atoms with Crippen molar-refractivity contribution in [1.82, 2.24) is 5.32 Å². The van der Waals surface area contributed by atoms with Gasteiger partial charge < -0.3 is 15.2 Å². The van der Waals surface area contributed by atoms with E-state index in [2.05, 4.69) is 11.9 Å². The van der Waals surface area contributed by atoms with Crippen LogP contribution in [0.4, 0.5) is 0 Å². The number of ether oxygens (including phenoxy) is 1. The highest BCUT2D eigenvalue weighted by molar-refractivity contribution is 5.86. The minimum Gasteiger partial charge on any atom is -0.481 e. The van der Waals surface area contributed by atoms with Gasteiger partial charge in [-0.2, -0.15) is 0 Å². The number of nitrogens with one attached hydrogen (secondary N) is 1. The van der Waals surface area contributed by atoms with Crippen LogP contribution in [0.25, 0.3) is 0 Å². The summed E-state index contributed by atoms with van der Waals surface area (Å²) in [5, 5.41) is 11.7. The van der Waals surface area contributed by atoms with Crippen LogP contribution in [0, 0.1) is 11.8 Å². The Morgan fingerprint density at radius 3 is 2.56 bits per heavy atom. The molecule has 1 amide bonds. The van der Waals surface area contributed by atoms with Crippen molar-refractivity contribution >= 4 is 11.9 Å². The van der Waals surface area contributed by atoms with Crippen molar-refractivity contribution < 1.29 is 19.4 Å². The van der Waals surface area contributed by atoms with E-state index in [1.807, 2.05) is 0 Å². The fourth-order valence-corrected chi connectivity index (χ4v) is 2.62. The molecule has 16 heavy (non-hydrogen) atoms. The third-order valence-corrected chi connectivity index (χ3v) is 3.28. The van der Waals surface area contributed by atoms with E-state index < -0.39 is 17.8 Å². The number of hydrogen-bond acceptors (Lipinski definition) is 3. The van der Waals surface area contributed by atoms with Crippen LogP contribution >= 0.6 is 0 Å². The monoisotopic (exact) mass is 225 g/mol. The van der Waals surface area contributed by atoms with Gasteiger partial charge >= 0.3 is 5.97 Å². The Hall–Kier alpha value is -1.36. The third-order valence-electron chi connectivity index (χ3n) is 3.28. The Morgan fingerprint density at radius 2 is 2.00 bits per heavy atom. The minimum absolute atomic E-state index is 0.226. The van der Waals surface area contributed by atoms with E-state index in [0.717, 1.165) is 12.8 Å². The summed E-state index contributed by atoms with van der Waals surface area (Å²) in [4.78, 5) is 22.9. The largest absolute Gasteiger partial charge is 0.481 e.